The Hall–Kier alpha value is -1.10. The zero-order chi connectivity index (χ0) is 12.0. The van der Waals surface area contributed by atoms with Crippen LogP contribution in [0.1, 0.15) is 12.8 Å². The summed E-state index contributed by atoms with van der Waals surface area (Å²) in [7, 11) is 1.32. The molecule has 1 aromatic rings. The van der Waals surface area contributed by atoms with Crippen molar-refractivity contribution in [2.24, 2.45) is 0 Å². The first-order valence-electron chi connectivity index (χ1n) is 4.78. The fourth-order valence-corrected chi connectivity index (χ4v) is 2.00. The van der Waals surface area contributed by atoms with E-state index in [0.29, 0.717) is 18.6 Å². The maximum absolute atomic E-state index is 13.1. The molecule has 0 fully saturated rings. The fourth-order valence-electron chi connectivity index (χ4n) is 1.09. The number of ether oxygens (including phenoxy) is 1. The molecule has 1 aromatic carbocycles. The van der Waals surface area contributed by atoms with Gasteiger partial charge in [-0.25, -0.2) is 8.78 Å². The van der Waals surface area contributed by atoms with Crippen LogP contribution in [0.25, 0.3) is 0 Å². The molecule has 0 aliphatic heterocycles. The number of thioether (sulfide) groups is 1. The highest BCUT2D eigenvalue weighted by Crippen LogP contribution is 2.23. The van der Waals surface area contributed by atoms with Gasteiger partial charge in [0, 0.05) is 11.3 Å². The molecule has 16 heavy (non-hydrogen) atoms. The second-order valence-corrected chi connectivity index (χ2v) is 4.24. The average molecular weight is 246 g/mol. The predicted octanol–water partition coefficient (Wildman–Crippen LogP) is 3.01. The molecule has 1 rings (SSSR count). The Labute approximate surface area is 97.0 Å². The lowest BCUT2D eigenvalue weighted by Gasteiger charge is -2.03. The Morgan fingerprint density at radius 1 is 1.44 bits per heavy atom. The number of carbonyl (C=O) groups excluding carboxylic acids is 1. The fraction of sp³-hybridized carbons (Fsp3) is 0.364. The lowest BCUT2D eigenvalue weighted by molar-refractivity contribution is -0.140. The molecule has 0 spiro atoms. The third-order valence-corrected chi connectivity index (χ3v) is 3.02. The summed E-state index contributed by atoms with van der Waals surface area (Å²) in [6, 6.07) is 3.32. The zero-order valence-corrected chi connectivity index (χ0v) is 9.65. The summed E-state index contributed by atoms with van der Waals surface area (Å²) in [5.41, 5.74) is 0. The van der Waals surface area contributed by atoms with Gasteiger partial charge in [-0.15, -0.1) is 11.8 Å². The molecule has 0 aromatic heterocycles. The van der Waals surface area contributed by atoms with E-state index in [1.165, 1.54) is 18.9 Å². The van der Waals surface area contributed by atoms with Gasteiger partial charge in [0.25, 0.3) is 0 Å². The van der Waals surface area contributed by atoms with Gasteiger partial charge in [0.05, 0.1) is 7.11 Å². The van der Waals surface area contributed by atoms with Crippen molar-refractivity contribution in [1.82, 2.24) is 0 Å². The van der Waals surface area contributed by atoms with Gasteiger partial charge in [0.1, 0.15) is 11.6 Å². The van der Waals surface area contributed by atoms with E-state index in [1.807, 2.05) is 0 Å². The second kappa shape index (κ2) is 6.48. The summed E-state index contributed by atoms with van der Waals surface area (Å²) < 4.78 is 30.4. The quantitative estimate of drug-likeness (QED) is 0.454. The van der Waals surface area contributed by atoms with Gasteiger partial charge in [-0.3, -0.25) is 4.79 Å². The summed E-state index contributed by atoms with van der Waals surface area (Å²) in [6.07, 6.45) is 0.869. The van der Waals surface area contributed by atoms with Crippen LogP contribution in [0.4, 0.5) is 8.78 Å². The minimum Gasteiger partial charge on any atom is -0.469 e. The van der Waals surface area contributed by atoms with E-state index in [1.54, 1.807) is 0 Å². The number of methoxy groups -OCH3 is 1. The summed E-state index contributed by atoms with van der Waals surface area (Å²) in [5, 5.41) is 0. The lowest BCUT2D eigenvalue weighted by atomic mass is 10.3. The monoisotopic (exact) mass is 246 g/mol. The zero-order valence-electron chi connectivity index (χ0n) is 8.83. The van der Waals surface area contributed by atoms with Crippen molar-refractivity contribution in [3.05, 3.63) is 29.8 Å². The Bertz CT molecular complexity index is 369. The van der Waals surface area contributed by atoms with Crippen molar-refractivity contribution in [3.8, 4) is 0 Å². The van der Waals surface area contributed by atoms with Gasteiger partial charge in [0.2, 0.25) is 0 Å². The van der Waals surface area contributed by atoms with Crippen LogP contribution in [0.5, 0.6) is 0 Å². The number of hydrogen-bond donors (Lipinski definition) is 0. The molecule has 0 N–H and O–H groups in total. The van der Waals surface area contributed by atoms with Crippen molar-refractivity contribution >= 4 is 17.7 Å². The summed E-state index contributed by atoms with van der Waals surface area (Å²) in [4.78, 5) is 11.0. The van der Waals surface area contributed by atoms with E-state index in [4.69, 9.17) is 0 Å². The largest absolute Gasteiger partial charge is 0.469 e. The highest BCUT2D eigenvalue weighted by atomic mass is 32.2. The lowest BCUT2D eigenvalue weighted by Crippen LogP contribution is -2.00. The molecule has 0 radical (unpaired) electrons. The third-order valence-electron chi connectivity index (χ3n) is 1.90. The van der Waals surface area contributed by atoms with Crippen LogP contribution >= 0.6 is 11.8 Å². The number of benzene rings is 1. The number of hydrogen-bond acceptors (Lipinski definition) is 3. The van der Waals surface area contributed by atoms with Gasteiger partial charge < -0.3 is 4.74 Å². The summed E-state index contributed by atoms with van der Waals surface area (Å²) in [5.74, 6) is -0.642. The van der Waals surface area contributed by atoms with Gasteiger partial charge in [-0.05, 0) is 30.4 Å². The van der Waals surface area contributed by atoms with Gasteiger partial charge >= 0.3 is 5.97 Å². The molecule has 0 atom stereocenters. The van der Waals surface area contributed by atoms with E-state index >= 15 is 0 Å². The molecule has 0 saturated carbocycles. The van der Waals surface area contributed by atoms with Crippen molar-refractivity contribution in [1.29, 1.82) is 0 Å². The highest BCUT2D eigenvalue weighted by molar-refractivity contribution is 7.99. The van der Waals surface area contributed by atoms with Gasteiger partial charge in [-0.2, -0.15) is 0 Å². The molecule has 0 amide bonds. The Balaban J connectivity index is 2.37. The minimum absolute atomic E-state index is 0.268. The first-order chi connectivity index (χ1) is 7.63. The van der Waals surface area contributed by atoms with Gasteiger partial charge in [0.15, 0.2) is 0 Å². The van der Waals surface area contributed by atoms with Crippen LogP contribution in [0.3, 0.4) is 0 Å². The maximum atomic E-state index is 13.1. The molecule has 0 aliphatic carbocycles. The normalized spacial score (nSPS) is 10.2. The minimum atomic E-state index is -0.461. The first kappa shape index (κ1) is 13.0. The maximum Gasteiger partial charge on any atom is 0.305 e. The number of rotatable bonds is 5. The summed E-state index contributed by atoms with van der Waals surface area (Å²) >= 11 is 1.19. The van der Waals surface area contributed by atoms with E-state index in [2.05, 4.69) is 4.74 Å². The average Bonchev–Trinajstić information content (AvgIpc) is 2.28. The predicted molar refractivity (Wildman–Crippen MR) is 58.3 cm³/mol. The first-order valence-corrected chi connectivity index (χ1v) is 5.76. The highest BCUT2D eigenvalue weighted by Gasteiger charge is 2.05. The molecule has 0 heterocycles. The molecule has 0 bridgehead atoms. The van der Waals surface area contributed by atoms with E-state index in [9.17, 15) is 13.6 Å². The number of esters is 1. The third kappa shape index (κ3) is 4.18. The van der Waals surface area contributed by atoms with Crippen molar-refractivity contribution < 1.29 is 18.3 Å². The van der Waals surface area contributed by atoms with E-state index < -0.39 is 11.6 Å². The molecule has 0 unspecified atom stereocenters. The van der Waals surface area contributed by atoms with Crippen molar-refractivity contribution in [2.45, 2.75) is 17.7 Å². The van der Waals surface area contributed by atoms with Crippen LogP contribution in [0, 0.1) is 11.6 Å². The molecule has 5 heteroatoms. The van der Waals surface area contributed by atoms with E-state index in [0.717, 1.165) is 18.2 Å². The smallest absolute Gasteiger partial charge is 0.305 e. The number of carbonyl (C=O) groups is 1. The molecule has 0 saturated heterocycles. The van der Waals surface area contributed by atoms with E-state index in [-0.39, 0.29) is 10.9 Å². The van der Waals surface area contributed by atoms with Crippen molar-refractivity contribution in [2.75, 3.05) is 12.9 Å². The molecule has 2 nitrogen and oxygen atoms in total. The SMILES string of the molecule is COC(=O)CCCSc1cc(F)ccc1F. The second-order valence-electron chi connectivity index (χ2n) is 3.10. The van der Waals surface area contributed by atoms with Crippen LogP contribution in [-0.4, -0.2) is 18.8 Å². The Morgan fingerprint density at radius 3 is 2.88 bits per heavy atom. The Kier molecular flexibility index (Phi) is 5.25. The molecular weight excluding hydrogens is 234 g/mol. The summed E-state index contributed by atoms with van der Waals surface area (Å²) in [6.45, 7) is 0. The van der Waals surface area contributed by atoms with Crippen LogP contribution in [0.2, 0.25) is 0 Å². The number of halogens is 2. The molecular formula is C11H12F2O2S. The molecule has 0 aliphatic rings. The Morgan fingerprint density at radius 2 is 2.19 bits per heavy atom. The van der Waals surface area contributed by atoms with Crippen LogP contribution < -0.4 is 0 Å². The van der Waals surface area contributed by atoms with Crippen molar-refractivity contribution in [3.63, 3.8) is 0 Å². The van der Waals surface area contributed by atoms with Gasteiger partial charge in [-0.1, -0.05) is 0 Å². The molecule has 88 valence electrons. The van der Waals surface area contributed by atoms with Crippen LogP contribution in [0.15, 0.2) is 23.1 Å². The standard InChI is InChI=1S/C11H12F2O2S/c1-15-11(14)3-2-6-16-10-7-8(12)4-5-9(10)13/h4-5,7H,2-3,6H2,1H3. The topological polar surface area (TPSA) is 26.3 Å². The van der Waals surface area contributed by atoms with Crippen LogP contribution in [-0.2, 0) is 9.53 Å².